The minimum Gasteiger partial charge on any atom is -0.316 e. The second kappa shape index (κ2) is 6.54. The minimum atomic E-state index is -3.85. The van der Waals surface area contributed by atoms with Crippen molar-refractivity contribution in [2.24, 2.45) is 0 Å². The van der Waals surface area contributed by atoms with E-state index >= 15 is 0 Å². The Balaban J connectivity index is 2.23. The summed E-state index contributed by atoms with van der Waals surface area (Å²) in [6.45, 7) is 0.473. The summed E-state index contributed by atoms with van der Waals surface area (Å²) >= 11 is 0. The fraction of sp³-hybridized carbons (Fsp3) is 0.118. The molecular formula is C17H16FN3O2S. The fourth-order valence-corrected chi connectivity index (χ4v) is 3.86. The highest BCUT2D eigenvalue weighted by Crippen LogP contribution is 2.28. The summed E-state index contributed by atoms with van der Waals surface area (Å²) in [6.07, 6.45) is 4.33. The zero-order valence-corrected chi connectivity index (χ0v) is 13.8. The van der Waals surface area contributed by atoms with E-state index in [0.717, 1.165) is 9.54 Å². The quantitative estimate of drug-likeness (QED) is 0.772. The van der Waals surface area contributed by atoms with Crippen LogP contribution in [-0.2, 0) is 16.6 Å². The number of nitrogens with zero attached hydrogens (tertiary/aromatic N) is 2. The molecule has 5 nitrogen and oxygen atoms in total. The van der Waals surface area contributed by atoms with Gasteiger partial charge in [-0.05, 0) is 42.9 Å². The van der Waals surface area contributed by atoms with Crippen molar-refractivity contribution in [1.29, 1.82) is 0 Å². The van der Waals surface area contributed by atoms with Crippen molar-refractivity contribution in [2.75, 3.05) is 7.05 Å². The van der Waals surface area contributed by atoms with E-state index in [1.807, 2.05) is 0 Å². The third-order valence-corrected chi connectivity index (χ3v) is 5.27. The van der Waals surface area contributed by atoms with E-state index in [-0.39, 0.29) is 16.2 Å². The molecule has 2 aromatic heterocycles. The Morgan fingerprint density at radius 2 is 1.88 bits per heavy atom. The number of nitrogens with one attached hydrogen (secondary N) is 1. The van der Waals surface area contributed by atoms with Crippen LogP contribution in [0.2, 0.25) is 0 Å². The molecule has 0 spiro atoms. The lowest BCUT2D eigenvalue weighted by molar-refractivity contribution is 0.587. The van der Waals surface area contributed by atoms with E-state index in [1.54, 1.807) is 31.3 Å². The van der Waals surface area contributed by atoms with Crippen LogP contribution in [0.1, 0.15) is 5.56 Å². The molecule has 0 aliphatic carbocycles. The van der Waals surface area contributed by atoms with Crippen molar-refractivity contribution in [3.63, 3.8) is 0 Å². The number of rotatable bonds is 5. The predicted molar refractivity (Wildman–Crippen MR) is 89.4 cm³/mol. The summed E-state index contributed by atoms with van der Waals surface area (Å²) in [4.78, 5) is 3.94. The highest BCUT2D eigenvalue weighted by Gasteiger charge is 2.22. The number of hydrogen-bond acceptors (Lipinski definition) is 4. The Bertz CT molecular complexity index is 953. The largest absolute Gasteiger partial charge is 0.316 e. The van der Waals surface area contributed by atoms with Gasteiger partial charge in [-0.1, -0.05) is 12.1 Å². The minimum absolute atomic E-state index is 0.0988. The molecule has 0 radical (unpaired) electrons. The van der Waals surface area contributed by atoms with Gasteiger partial charge >= 0.3 is 0 Å². The lowest BCUT2D eigenvalue weighted by Gasteiger charge is -2.11. The van der Waals surface area contributed by atoms with Crippen LogP contribution in [0.25, 0.3) is 11.3 Å². The maximum absolute atomic E-state index is 14.2. The predicted octanol–water partition coefficient (Wildman–Crippen LogP) is 2.65. The first kappa shape index (κ1) is 16.4. The number of aromatic nitrogens is 2. The Hall–Kier alpha value is -2.51. The molecule has 2 heterocycles. The van der Waals surface area contributed by atoms with Gasteiger partial charge in [0.1, 0.15) is 5.82 Å². The number of benzene rings is 1. The summed E-state index contributed by atoms with van der Waals surface area (Å²) in [5, 5.41) is 2.97. The van der Waals surface area contributed by atoms with E-state index in [1.165, 1.54) is 36.8 Å². The average molecular weight is 345 g/mol. The molecule has 0 bridgehead atoms. The van der Waals surface area contributed by atoms with E-state index in [4.69, 9.17) is 0 Å². The van der Waals surface area contributed by atoms with Crippen molar-refractivity contribution in [3.8, 4) is 11.3 Å². The topological polar surface area (TPSA) is 64.0 Å². The molecule has 3 aromatic rings. The summed E-state index contributed by atoms with van der Waals surface area (Å²) in [5.41, 5.74) is 1.26. The number of halogens is 1. The molecule has 1 aromatic carbocycles. The molecule has 0 aliphatic rings. The lowest BCUT2D eigenvalue weighted by atomic mass is 10.1. The van der Waals surface area contributed by atoms with Crippen LogP contribution in [0.15, 0.2) is 66.0 Å². The van der Waals surface area contributed by atoms with Gasteiger partial charge < -0.3 is 5.32 Å². The van der Waals surface area contributed by atoms with Gasteiger partial charge in [0, 0.05) is 30.7 Å². The Labute approximate surface area is 139 Å². The standard InChI is InChI=1S/C17H16FN3O2S/c1-19-11-13-10-17(15-4-2-3-5-16(15)18)21(12-13)24(22,23)14-6-8-20-9-7-14/h2-10,12,19H,11H2,1H3. The van der Waals surface area contributed by atoms with Crippen molar-refractivity contribution < 1.29 is 12.8 Å². The first-order chi connectivity index (χ1) is 11.5. The smallest absolute Gasteiger partial charge is 0.268 e. The molecule has 3 rings (SSSR count). The van der Waals surface area contributed by atoms with Gasteiger partial charge in [0.15, 0.2) is 0 Å². The van der Waals surface area contributed by atoms with Gasteiger partial charge in [-0.2, -0.15) is 0 Å². The number of pyridine rings is 1. The van der Waals surface area contributed by atoms with Crippen LogP contribution in [-0.4, -0.2) is 24.4 Å². The highest BCUT2D eigenvalue weighted by molar-refractivity contribution is 7.90. The molecule has 0 saturated heterocycles. The van der Waals surface area contributed by atoms with Crippen LogP contribution >= 0.6 is 0 Å². The number of hydrogen-bond donors (Lipinski definition) is 1. The van der Waals surface area contributed by atoms with Gasteiger partial charge in [0.05, 0.1) is 10.6 Å². The summed E-state index contributed by atoms with van der Waals surface area (Å²) in [5.74, 6) is -0.474. The van der Waals surface area contributed by atoms with Crippen LogP contribution < -0.4 is 5.32 Å². The van der Waals surface area contributed by atoms with Gasteiger partial charge in [-0.25, -0.2) is 16.8 Å². The Kier molecular flexibility index (Phi) is 4.46. The maximum Gasteiger partial charge on any atom is 0.268 e. The molecule has 0 atom stereocenters. The zero-order valence-electron chi connectivity index (χ0n) is 13.0. The lowest BCUT2D eigenvalue weighted by Crippen LogP contribution is -2.13. The zero-order chi connectivity index (χ0) is 17.2. The van der Waals surface area contributed by atoms with E-state index < -0.39 is 15.8 Å². The van der Waals surface area contributed by atoms with Crippen LogP contribution in [0, 0.1) is 5.82 Å². The summed E-state index contributed by atoms with van der Waals surface area (Å²) < 4.78 is 41.2. The second-order valence-corrected chi connectivity index (χ2v) is 7.04. The van der Waals surface area contributed by atoms with Crippen LogP contribution in [0.4, 0.5) is 4.39 Å². The molecule has 0 amide bonds. The molecule has 0 aliphatic heterocycles. The third-order valence-electron chi connectivity index (χ3n) is 3.58. The van der Waals surface area contributed by atoms with Gasteiger partial charge in [-0.15, -0.1) is 0 Å². The first-order valence-corrected chi connectivity index (χ1v) is 8.74. The van der Waals surface area contributed by atoms with Crippen LogP contribution in [0.5, 0.6) is 0 Å². The molecule has 0 unspecified atom stereocenters. The molecule has 24 heavy (non-hydrogen) atoms. The third kappa shape index (κ3) is 2.95. The molecule has 0 saturated carbocycles. The Morgan fingerprint density at radius 1 is 1.17 bits per heavy atom. The highest BCUT2D eigenvalue weighted by atomic mass is 32.2. The molecule has 124 valence electrons. The maximum atomic E-state index is 14.2. The van der Waals surface area contributed by atoms with E-state index in [0.29, 0.717) is 6.54 Å². The second-order valence-electron chi connectivity index (χ2n) is 5.23. The van der Waals surface area contributed by atoms with Crippen LogP contribution in [0.3, 0.4) is 0 Å². The summed E-state index contributed by atoms with van der Waals surface area (Å²) in [7, 11) is -2.09. The summed E-state index contributed by atoms with van der Waals surface area (Å²) in [6, 6.07) is 10.6. The van der Waals surface area contributed by atoms with Crippen molar-refractivity contribution in [1.82, 2.24) is 14.3 Å². The van der Waals surface area contributed by atoms with Gasteiger partial charge in [0.2, 0.25) is 0 Å². The molecule has 1 N–H and O–H groups in total. The fourth-order valence-electron chi connectivity index (χ4n) is 2.49. The van der Waals surface area contributed by atoms with Crippen molar-refractivity contribution in [3.05, 3.63) is 72.4 Å². The molecular weight excluding hydrogens is 329 g/mol. The van der Waals surface area contributed by atoms with Crippen molar-refractivity contribution >= 4 is 10.0 Å². The Morgan fingerprint density at radius 3 is 2.54 bits per heavy atom. The van der Waals surface area contributed by atoms with Gasteiger partial charge in [0.25, 0.3) is 10.0 Å². The monoisotopic (exact) mass is 345 g/mol. The average Bonchev–Trinajstić information content (AvgIpc) is 3.01. The molecule has 0 fully saturated rings. The first-order valence-electron chi connectivity index (χ1n) is 7.30. The van der Waals surface area contributed by atoms with Crippen molar-refractivity contribution in [2.45, 2.75) is 11.4 Å². The SMILES string of the molecule is CNCc1cc(-c2ccccc2F)n(S(=O)(=O)c2ccncc2)c1. The normalized spacial score (nSPS) is 11.6. The van der Waals surface area contributed by atoms with E-state index in [2.05, 4.69) is 10.3 Å². The van der Waals surface area contributed by atoms with E-state index in [9.17, 15) is 12.8 Å². The molecule has 7 heteroatoms. The van der Waals surface area contributed by atoms with Gasteiger partial charge in [-0.3, -0.25) is 4.98 Å².